The predicted octanol–water partition coefficient (Wildman–Crippen LogP) is 0.603. The van der Waals surface area contributed by atoms with E-state index >= 15 is 0 Å². The molecule has 1 fully saturated rings. The standard InChI is InChI=1S/C9H15N3O2/c1-3-10-9(4-5-13-6-9)8-11-7(2)12-14-8/h10H,3-6H2,1-2H3. The Balaban J connectivity index is 2.26. The zero-order chi connectivity index (χ0) is 10.0. The molecule has 5 nitrogen and oxygen atoms in total. The smallest absolute Gasteiger partial charge is 0.249 e. The second kappa shape index (κ2) is 3.67. The van der Waals surface area contributed by atoms with E-state index in [0.29, 0.717) is 18.3 Å². The summed E-state index contributed by atoms with van der Waals surface area (Å²) in [5, 5.41) is 7.17. The van der Waals surface area contributed by atoms with Gasteiger partial charge in [0, 0.05) is 13.0 Å². The topological polar surface area (TPSA) is 60.2 Å². The monoisotopic (exact) mass is 197 g/mol. The van der Waals surface area contributed by atoms with Crippen molar-refractivity contribution in [2.45, 2.75) is 25.8 Å². The summed E-state index contributed by atoms with van der Waals surface area (Å²) in [6.45, 7) is 6.10. The highest BCUT2D eigenvalue weighted by atomic mass is 16.5. The second-order valence-electron chi connectivity index (χ2n) is 3.56. The number of nitrogens with zero attached hydrogens (tertiary/aromatic N) is 2. The molecule has 0 saturated carbocycles. The fraction of sp³-hybridized carbons (Fsp3) is 0.778. The van der Waals surface area contributed by atoms with Crippen molar-refractivity contribution >= 4 is 0 Å². The van der Waals surface area contributed by atoms with Crippen LogP contribution in [0.25, 0.3) is 0 Å². The summed E-state index contributed by atoms with van der Waals surface area (Å²) in [4.78, 5) is 4.26. The van der Waals surface area contributed by atoms with Crippen molar-refractivity contribution in [1.29, 1.82) is 0 Å². The van der Waals surface area contributed by atoms with Gasteiger partial charge in [0.25, 0.3) is 0 Å². The second-order valence-corrected chi connectivity index (χ2v) is 3.56. The third kappa shape index (κ3) is 1.53. The molecule has 1 atom stereocenters. The molecular formula is C9H15N3O2. The van der Waals surface area contributed by atoms with Crippen LogP contribution in [0.5, 0.6) is 0 Å². The third-order valence-corrected chi connectivity index (χ3v) is 2.47. The zero-order valence-electron chi connectivity index (χ0n) is 8.54. The third-order valence-electron chi connectivity index (χ3n) is 2.47. The molecule has 1 aromatic heterocycles. The maximum absolute atomic E-state index is 5.39. The Kier molecular flexibility index (Phi) is 2.52. The molecule has 0 amide bonds. The van der Waals surface area contributed by atoms with E-state index in [1.807, 2.05) is 6.92 Å². The van der Waals surface area contributed by atoms with Gasteiger partial charge in [-0.3, -0.25) is 0 Å². The summed E-state index contributed by atoms with van der Waals surface area (Å²) in [5.74, 6) is 1.32. The lowest BCUT2D eigenvalue weighted by Crippen LogP contribution is -2.43. The highest BCUT2D eigenvalue weighted by molar-refractivity contribution is 5.05. The highest BCUT2D eigenvalue weighted by Crippen LogP contribution is 2.28. The molecule has 0 aliphatic carbocycles. The molecule has 5 heteroatoms. The first-order valence-corrected chi connectivity index (χ1v) is 4.90. The molecule has 0 spiro atoms. The number of ether oxygens (including phenoxy) is 1. The highest BCUT2D eigenvalue weighted by Gasteiger charge is 2.41. The molecule has 1 aliphatic rings. The summed E-state index contributed by atoms with van der Waals surface area (Å²) in [6, 6.07) is 0. The normalized spacial score (nSPS) is 27.0. The van der Waals surface area contributed by atoms with Crippen LogP contribution in [0.1, 0.15) is 25.1 Å². The van der Waals surface area contributed by atoms with Crippen LogP contribution in [0, 0.1) is 6.92 Å². The summed E-state index contributed by atoms with van der Waals surface area (Å²) in [5.41, 5.74) is -0.254. The van der Waals surface area contributed by atoms with Crippen LogP contribution in [0.2, 0.25) is 0 Å². The van der Waals surface area contributed by atoms with Crippen molar-refractivity contribution < 1.29 is 9.26 Å². The van der Waals surface area contributed by atoms with E-state index in [1.165, 1.54) is 0 Å². The van der Waals surface area contributed by atoms with Crippen LogP contribution in [0.4, 0.5) is 0 Å². The number of likely N-dealkylation sites (N-methyl/N-ethyl adjacent to an activating group) is 1. The van der Waals surface area contributed by atoms with E-state index in [1.54, 1.807) is 0 Å². The maximum atomic E-state index is 5.39. The molecule has 2 rings (SSSR count). The zero-order valence-corrected chi connectivity index (χ0v) is 8.54. The van der Waals surface area contributed by atoms with E-state index in [2.05, 4.69) is 22.4 Å². The number of aromatic nitrogens is 2. The Hall–Kier alpha value is -0.940. The van der Waals surface area contributed by atoms with Gasteiger partial charge in [-0.1, -0.05) is 12.1 Å². The molecule has 14 heavy (non-hydrogen) atoms. The van der Waals surface area contributed by atoms with Gasteiger partial charge in [-0.15, -0.1) is 0 Å². The van der Waals surface area contributed by atoms with Gasteiger partial charge in [0.2, 0.25) is 5.89 Å². The van der Waals surface area contributed by atoms with Crippen LogP contribution < -0.4 is 5.32 Å². The molecule has 1 aliphatic heterocycles. The summed E-state index contributed by atoms with van der Waals surface area (Å²) in [7, 11) is 0. The molecule has 1 unspecified atom stereocenters. The van der Waals surface area contributed by atoms with Crippen molar-refractivity contribution in [3.05, 3.63) is 11.7 Å². The SMILES string of the molecule is CCNC1(c2nc(C)no2)CCOC1. The molecule has 2 heterocycles. The van der Waals surface area contributed by atoms with Gasteiger partial charge in [-0.25, -0.2) is 0 Å². The van der Waals surface area contributed by atoms with Crippen molar-refractivity contribution in [2.24, 2.45) is 0 Å². The van der Waals surface area contributed by atoms with E-state index in [9.17, 15) is 0 Å². The van der Waals surface area contributed by atoms with Gasteiger partial charge in [-0.2, -0.15) is 4.98 Å². The van der Waals surface area contributed by atoms with Gasteiger partial charge < -0.3 is 14.6 Å². The van der Waals surface area contributed by atoms with Gasteiger partial charge >= 0.3 is 0 Å². The van der Waals surface area contributed by atoms with E-state index in [4.69, 9.17) is 9.26 Å². The molecule has 1 saturated heterocycles. The largest absolute Gasteiger partial charge is 0.379 e. The minimum absolute atomic E-state index is 0.254. The molecule has 0 bridgehead atoms. The van der Waals surface area contributed by atoms with Crippen molar-refractivity contribution in [2.75, 3.05) is 19.8 Å². The maximum Gasteiger partial charge on any atom is 0.249 e. The number of hydrogen-bond donors (Lipinski definition) is 1. The molecular weight excluding hydrogens is 182 g/mol. The van der Waals surface area contributed by atoms with Gasteiger partial charge in [0.1, 0.15) is 5.54 Å². The predicted molar refractivity (Wildman–Crippen MR) is 49.8 cm³/mol. The Labute approximate surface area is 82.8 Å². The average Bonchev–Trinajstić information content (AvgIpc) is 2.75. The average molecular weight is 197 g/mol. The Morgan fingerprint density at radius 2 is 2.43 bits per heavy atom. The number of aryl methyl sites for hydroxylation is 1. The van der Waals surface area contributed by atoms with E-state index < -0.39 is 0 Å². The Bertz CT molecular complexity index is 305. The Morgan fingerprint density at radius 1 is 1.57 bits per heavy atom. The lowest BCUT2D eigenvalue weighted by molar-refractivity contribution is 0.149. The van der Waals surface area contributed by atoms with E-state index in [-0.39, 0.29) is 5.54 Å². The van der Waals surface area contributed by atoms with Crippen molar-refractivity contribution in [3.63, 3.8) is 0 Å². The van der Waals surface area contributed by atoms with Gasteiger partial charge in [0.05, 0.1) is 6.61 Å². The van der Waals surface area contributed by atoms with Crippen LogP contribution >= 0.6 is 0 Å². The lowest BCUT2D eigenvalue weighted by Gasteiger charge is -2.23. The van der Waals surface area contributed by atoms with Crippen LogP contribution in [0.15, 0.2) is 4.52 Å². The summed E-state index contributed by atoms with van der Waals surface area (Å²) >= 11 is 0. The first-order valence-electron chi connectivity index (χ1n) is 4.90. The molecule has 1 N–H and O–H groups in total. The number of hydrogen-bond acceptors (Lipinski definition) is 5. The van der Waals surface area contributed by atoms with Crippen molar-refractivity contribution in [1.82, 2.24) is 15.5 Å². The summed E-state index contributed by atoms with van der Waals surface area (Å²) < 4.78 is 10.6. The molecule has 0 aromatic carbocycles. The quantitative estimate of drug-likeness (QED) is 0.769. The van der Waals surface area contributed by atoms with Crippen LogP contribution in [-0.2, 0) is 10.3 Å². The fourth-order valence-corrected chi connectivity index (χ4v) is 1.78. The first kappa shape index (κ1) is 9.61. The van der Waals surface area contributed by atoms with Crippen molar-refractivity contribution in [3.8, 4) is 0 Å². The minimum atomic E-state index is -0.254. The fourth-order valence-electron chi connectivity index (χ4n) is 1.78. The number of rotatable bonds is 3. The molecule has 0 radical (unpaired) electrons. The van der Waals surface area contributed by atoms with Crippen LogP contribution in [0.3, 0.4) is 0 Å². The molecule has 1 aromatic rings. The van der Waals surface area contributed by atoms with E-state index in [0.717, 1.165) is 19.6 Å². The summed E-state index contributed by atoms with van der Waals surface area (Å²) in [6.07, 6.45) is 0.891. The number of nitrogens with one attached hydrogen (secondary N) is 1. The van der Waals surface area contributed by atoms with Gasteiger partial charge in [-0.05, 0) is 13.5 Å². The molecule has 78 valence electrons. The van der Waals surface area contributed by atoms with Gasteiger partial charge in [0.15, 0.2) is 5.82 Å². The first-order chi connectivity index (χ1) is 6.77. The minimum Gasteiger partial charge on any atom is -0.379 e. The van der Waals surface area contributed by atoms with Crippen LogP contribution in [-0.4, -0.2) is 29.9 Å². The lowest BCUT2D eigenvalue weighted by atomic mass is 9.99. The Morgan fingerprint density at radius 3 is 2.93 bits per heavy atom.